The molecule has 0 unspecified atom stereocenters. The third kappa shape index (κ3) is 3.53. The molecule has 162 valence electrons. The summed E-state index contributed by atoms with van der Waals surface area (Å²) in [6.07, 6.45) is 0. The van der Waals surface area contributed by atoms with Crippen LogP contribution < -0.4 is 5.73 Å². The summed E-state index contributed by atoms with van der Waals surface area (Å²) in [5, 5.41) is 9.52. The molecule has 0 atom stereocenters. The van der Waals surface area contributed by atoms with Crippen molar-refractivity contribution in [2.24, 2.45) is 0 Å². The maximum Gasteiger partial charge on any atom is 0.340 e. The van der Waals surface area contributed by atoms with Gasteiger partial charge >= 0.3 is 11.9 Å². The van der Waals surface area contributed by atoms with E-state index in [0.29, 0.717) is 5.56 Å². The van der Waals surface area contributed by atoms with Crippen LogP contribution in [0.1, 0.15) is 37.8 Å². The summed E-state index contributed by atoms with van der Waals surface area (Å²) in [7, 11) is 0. The zero-order valence-corrected chi connectivity index (χ0v) is 17.7. The number of nitrogen functional groups attached to an aromatic ring is 1. The van der Waals surface area contributed by atoms with Crippen LogP contribution >= 0.6 is 0 Å². The lowest BCUT2D eigenvalue weighted by Crippen LogP contribution is -2.17. The van der Waals surface area contributed by atoms with Crippen LogP contribution in [0.25, 0.3) is 22.3 Å². The summed E-state index contributed by atoms with van der Waals surface area (Å²) in [5.74, 6) is -1.94. The van der Waals surface area contributed by atoms with E-state index in [1.165, 1.54) is 6.07 Å². The Morgan fingerprint density at radius 3 is 1.94 bits per heavy atom. The molecule has 4 aromatic carbocycles. The first-order valence-corrected chi connectivity index (χ1v) is 10.6. The van der Waals surface area contributed by atoms with Gasteiger partial charge in [0, 0.05) is 5.92 Å². The van der Waals surface area contributed by atoms with Crippen LogP contribution in [-0.2, 0) is 4.74 Å². The highest BCUT2D eigenvalue weighted by Gasteiger charge is 2.30. The zero-order chi connectivity index (χ0) is 22.9. The van der Waals surface area contributed by atoms with Crippen molar-refractivity contribution in [2.45, 2.75) is 5.92 Å². The Balaban J connectivity index is 1.51. The lowest BCUT2D eigenvalue weighted by molar-refractivity contribution is 0.0495. The highest BCUT2D eigenvalue weighted by Crippen LogP contribution is 2.44. The number of aromatic carboxylic acids is 1. The Hall–Kier alpha value is -4.38. The van der Waals surface area contributed by atoms with Gasteiger partial charge in [0.15, 0.2) is 0 Å². The van der Waals surface area contributed by atoms with E-state index in [0.717, 1.165) is 27.8 Å². The minimum absolute atomic E-state index is 0.0701. The Morgan fingerprint density at radius 1 is 0.758 bits per heavy atom. The molecule has 3 N–H and O–H groups in total. The first-order valence-electron chi connectivity index (χ1n) is 10.6. The highest BCUT2D eigenvalue weighted by molar-refractivity contribution is 6.08. The number of carboxylic acid groups (broad SMARTS) is 1. The zero-order valence-electron chi connectivity index (χ0n) is 17.7. The van der Waals surface area contributed by atoms with Crippen LogP contribution in [0.15, 0.2) is 91.0 Å². The van der Waals surface area contributed by atoms with E-state index in [-0.39, 0.29) is 29.3 Å². The number of carbonyl (C=O) groups is 2. The molecule has 5 nitrogen and oxygen atoms in total. The van der Waals surface area contributed by atoms with Gasteiger partial charge in [-0.3, -0.25) is 0 Å². The summed E-state index contributed by atoms with van der Waals surface area (Å²) in [6, 6.07) is 28.4. The average Bonchev–Trinajstić information content (AvgIpc) is 3.16. The van der Waals surface area contributed by atoms with Crippen molar-refractivity contribution < 1.29 is 19.4 Å². The molecule has 4 aromatic rings. The molecular formula is C28H21NO4. The van der Waals surface area contributed by atoms with Gasteiger partial charge in [0.25, 0.3) is 0 Å². The third-order valence-electron chi connectivity index (χ3n) is 6.11. The molecule has 0 fully saturated rings. The molecule has 5 heteroatoms. The largest absolute Gasteiger partial charge is 0.478 e. The van der Waals surface area contributed by atoms with Gasteiger partial charge in [-0.2, -0.15) is 0 Å². The maximum atomic E-state index is 13.3. The molecule has 33 heavy (non-hydrogen) atoms. The monoisotopic (exact) mass is 435 g/mol. The number of hydrogen-bond acceptors (Lipinski definition) is 4. The van der Waals surface area contributed by atoms with Gasteiger partial charge in [-0.15, -0.1) is 0 Å². The van der Waals surface area contributed by atoms with Gasteiger partial charge in [0.2, 0.25) is 0 Å². The Morgan fingerprint density at radius 2 is 1.33 bits per heavy atom. The average molecular weight is 435 g/mol. The van der Waals surface area contributed by atoms with Gasteiger partial charge in [-0.1, -0.05) is 84.9 Å². The number of esters is 1. The van der Waals surface area contributed by atoms with Crippen molar-refractivity contribution in [2.75, 3.05) is 12.3 Å². The third-order valence-corrected chi connectivity index (χ3v) is 6.11. The predicted octanol–water partition coefficient (Wildman–Crippen LogP) is 5.60. The fourth-order valence-electron chi connectivity index (χ4n) is 4.55. The molecular weight excluding hydrogens is 414 g/mol. The van der Waals surface area contributed by atoms with Gasteiger partial charge in [0.1, 0.15) is 6.61 Å². The number of carbonyl (C=O) groups excluding carboxylic acids is 1. The maximum absolute atomic E-state index is 13.3. The SMILES string of the molecule is Nc1c(C(=O)O)ccc(-c2ccccc2)c1C(=O)OCC1c2ccccc2-c2ccccc21. The fourth-order valence-corrected chi connectivity index (χ4v) is 4.55. The van der Waals surface area contributed by atoms with Gasteiger partial charge < -0.3 is 15.6 Å². The summed E-state index contributed by atoms with van der Waals surface area (Å²) >= 11 is 0. The first kappa shape index (κ1) is 20.5. The molecule has 0 spiro atoms. The summed E-state index contributed by atoms with van der Waals surface area (Å²) in [6.45, 7) is 0.123. The minimum atomic E-state index is -1.19. The summed E-state index contributed by atoms with van der Waals surface area (Å²) < 4.78 is 5.79. The molecule has 0 amide bonds. The molecule has 1 aliphatic carbocycles. The predicted molar refractivity (Wildman–Crippen MR) is 127 cm³/mol. The molecule has 0 aliphatic heterocycles. The van der Waals surface area contributed by atoms with Crippen LogP contribution in [0.3, 0.4) is 0 Å². The molecule has 1 aliphatic rings. The lowest BCUT2D eigenvalue weighted by atomic mass is 9.95. The molecule has 0 bridgehead atoms. The Kier molecular flexibility index (Phi) is 5.15. The quantitative estimate of drug-likeness (QED) is 0.314. The molecule has 5 rings (SSSR count). The second-order valence-corrected chi connectivity index (χ2v) is 7.95. The molecule has 0 saturated heterocycles. The Labute approximate surface area is 191 Å². The number of anilines is 1. The first-order chi connectivity index (χ1) is 16.1. The second kappa shape index (κ2) is 8.28. The van der Waals surface area contributed by atoms with Crippen molar-refractivity contribution in [1.82, 2.24) is 0 Å². The van der Waals surface area contributed by atoms with Crippen molar-refractivity contribution in [3.8, 4) is 22.3 Å². The van der Waals surface area contributed by atoms with Crippen molar-refractivity contribution in [1.29, 1.82) is 0 Å². The van der Waals surface area contributed by atoms with Crippen LogP contribution in [0, 0.1) is 0 Å². The fraction of sp³-hybridized carbons (Fsp3) is 0.0714. The lowest BCUT2D eigenvalue weighted by Gasteiger charge is -2.17. The van der Waals surface area contributed by atoms with Crippen molar-refractivity contribution >= 4 is 17.6 Å². The standard InChI is InChI=1S/C28H21NO4/c29-26-23(27(30)31)15-14-18(17-8-2-1-3-9-17)25(26)28(32)33-16-24-21-12-6-4-10-19(21)20-11-5-7-13-22(20)24/h1-15,24H,16,29H2,(H,30,31). The van der Waals surface area contributed by atoms with Crippen LogP contribution in [-0.4, -0.2) is 23.7 Å². The number of ether oxygens (including phenoxy) is 1. The summed E-state index contributed by atoms with van der Waals surface area (Å²) in [5.41, 5.74) is 11.8. The van der Waals surface area contributed by atoms with E-state index in [9.17, 15) is 14.7 Å². The number of fused-ring (bicyclic) bond motifs is 3. The van der Waals surface area contributed by atoms with Crippen molar-refractivity contribution in [3.63, 3.8) is 0 Å². The van der Waals surface area contributed by atoms with E-state index in [4.69, 9.17) is 10.5 Å². The number of rotatable bonds is 5. The van der Waals surface area contributed by atoms with Gasteiger partial charge in [0.05, 0.1) is 16.8 Å². The topological polar surface area (TPSA) is 89.6 Å². The van der Waals surface area contributed by atoms with Crippen LogP contribution in [0.2, 0.25) is 0 Å². The molecule has 0 aromatic heterocycles. The van der Waals surface area contributed by atoms with Gasteiger partial charge in [-0.05, 0) is 39.4 Å². The van der Waals surface area contributed by atoms with E-state index in [2.05, 4.69) is 12.1 Å². The minimum Gasteiger partial charge on any atom is -0.478 e. The number of hydrogen-bond donors (Lipinski definition) is 2. The van der Waals surface area contributed by atoms with E-state index in [1.54, 1.807) is 6.07 Å². The van der Waals surface area contributed by atoms with E-state index < -0.39 is 11.9 Å². The highest BCUT2D eigenvalue weighted by atomic mass is 16.5. The van der Waals surface area contributed by atoms with Crippen molar-refractivity contribution in [3.05, 3.63) is 113 Å². The summed E-state index contributed by atoms with van der Waals surface area (Å²) in [4.78, 5) is 25.0. The smallest absolute Gasteiger partial charge is 0.340 e. The van der Waals surface area contributed by atoms with E-state index >= 15 is 0 Å². The second-order valence-electron chi connectivity index (χ2n) is 7.95. The normalized spacial score (nSPS) is 12.1. The molecule has 0 radical (unpaired) electrons. The van der Waals surface area contributed by atoms with Crippen LogP contribution in [0.5, 0.6) is 0 Å². The number of benzene rings is 4. The van der Waals surface area contributed by atoms with Gasteiger partial charge in [-0.25, -0.2) is 9.59 Å². The number of carboxylic acids is 1. The number of nitrogens with two attached hydrogens (primary N) is 1. The Bertz CT molecular complexity index is 1330. The molecule has 0 heterocycles. The van der Waals surface area contributed by atoms with E-state index in [1.807, 2.05) is 66.7 Å². The van der Waals surface area contributed by atoms with Crippen LogP contribution in [0.4, 0.5) is 5.69 Å². The molecule has 0 saturated carbocycles.